The summed E-state index contributed by atoms with van der Waals surface area (Å²) in [7, 11) is 3.71. The van der Waals surface area contributed by atoms with Crippen LogP contribution in [0.3, 0.4) is 0 Å². The van der Waals surface area contributed by atoms with Gasteiger partial charge in [0.2, 0.25) is 0 Å². The Labute approximate surface area is 96.5 Å². The lowest BCUT2D eigenvalue weighted by Gasteiger charge is -2.05. The summed E-state index contributed by atoms with van der Waals surface area (Å²) in [4.78, 5) is 1.76. The molecule has 0 aliphatic heterocycles. The molecule has 86 valence electrons. The molecule has 14 heavy (non-hydrogen) atoms. The highest BCUT2D eigenvalue weighted by Gasteiger charge is 1.97. The molecule has 0 aliphatic rings. The molecule has 0 saturated carbocycles. The van der Waals surface area contributed by atoms with Gasteiger partial charge in [-0.3, -0.25) is 0 Å². The fraction of sp³-hybridized carbons (Fsp3) is 0.875. The molecule has 0 bridgehead atoms. The summed E-state index contributed by atoms with van der Waals surface area (Å²) in [6.45, 7) is 0.225. The van der Waals surface area contributed by atoms with Crippen LogP contribution in [-0.4, -0.2) is 52.8 Å². The van der Waals surface area contributed by atoms with Crippen LogP contribution < -0.4 is 5.73 Å². The van der Waals surface area contributed by atoms with E-state index in [-0.39, 0.29) is 19.3 Å². The van der Waals surface area contributed by atoms with Crippen LogP contribution in [0.15, 0.2) is 0 Å². The number of hydrogen-bond donors (Lipinski definition) is 4. The fourth-order valence-corrected chi connectivity index (χ4v) is 0.476. The smallest absolute Gasteiger partial charge is 0.132 e. The van der Waals surface area contributed by atoms with Crippen LogP contribution in [0.4, 0.5) is 0 Å². The van der Waals surface area contributed by atoms with Gasteiger partial charge in [-0.05, 0) is 12.8 Å². The van der Waals surface area contributed by atoms with Gasteiger partial charge in [0.25, 0.3) is 0 Å². The lowest BCUT2D eigenvalue weighted by molar-refractivity contribution is 0.242. The summed E-state index contributed by atoms with van der Waals surface area (Å²) in [5.74, 6) is 0. The number of thiocarbonyl (C=S) groups is 1. The molecule has 4 N–H and O–H groups in total. The number of nitrogens with two attached hydrogens (primary N) is 1. The first-order chi connectivity index (χ1) is 6.45. The second-order valence-electron chi connectivity index (χ2n) is 2.96. The van der Waals surface area contributed by atoms with Crippen molar-refractivity contribution in [1.82, 2.24) is 4.90 Å². The minimum absolute atomic E-state index is 0.0370. The fourth-order valence-electron chi connectivity index (χ4n) is 0.476. The molecule has 0 rings (SSSR count). The molecule has 0 aromatic rings. The van der Waals surface area contributed by atoms with E-state index in [0.29, 0.717) is 17.2 Å². The van der Waals surface area contributed by atoms with Crippen molar-refractivity contribution in [2.45, 2.75) is 18.9 Å². The molecule has 0 heterocycles. The van der Waals surface area contributed by atoms with E-state index in [1.807, 2.05) is 14.1 Å². The molecular formula is C8H20N2O2S2. The monoisotopic (exact) mass is 240 g/mol. The standard InChI is InChI=1S/C5H13NO2.C3H7NS2/c6-5(1-3-7)2-4-8;1-4(2)3(5)6/h5,7-8H,1-4,6H2;1-2H3,(H,5,6). The van der Waals surface area contributed by atoms with Gasteiger partial charge in [0.1, 0.15) is 4.32 Å². The summed E-state index contributed by atoms with van der Waals surface area (Å²) in [6, 6.07) is -0.0370. The third kappa shape index (κ3) is 14.6. The zero-order valence-electron chi connectivity index (χ0n) is 8.68. The number of thiol groups is 1. The zero-order chi connectivity index (χ0) is 11.6. The summed E-state index contributed by atoms with van der Waals surface area (Å²) in [5, 5.41) is 16.6. The maximum Gasteiger partial charge on any atom is 0.132 e. The second-order valence-corrected chi connectivity index (χ2v) is 4.07. The highest BCUT2D eigenvalue weighted by molar-refractivity contribution is 8.10. The molecular weight excluding hydrogens is 220 g/mol. The Balaban J connectivity index is 0. The van der Waals surface area contributed by atoms with E-state index in [4.69, 9.17) is 15.9 Å². The van der Waals surface area contributed by atoms with E-state index in [9.17, 15) is 0 Å². The topological polar surface area (TPSA) is 69.7 Å². The van der Waals surface area contributed by atoms with Crippen LogP contribution in [0.5, 0.6) is 0 Å². The average Bonchev–Trinajstić information content (AvgIpc) is 2.06. The van der Waals surface area contributed by atoms with Gasteiger partial charge in [-0.25, -0.2) is 0 Å². The Morgan fingerprint density at radius 2 is 1.64 bits per heavy atom. The minimum atomic E-state index is -0.0370. The Morgan fingerprint density at radius 1 is 1.36 bits per heavy atom. The van der Waals surface area contributed by atoms with Crippen LogP contribution in [0.2, 0.25) is 0 Å². The highest BCUT2D eigenvalue weighted by Crippen LogP contribution is 1.90. The molecule has 0 atom stereocenters. The van der Waals surface area contributed by atoms with Gasteiger partial charge in [0.05, 0.1) is 0 Å². The first-order valence-corrected chi connectivity index (χ1v) is 5.18. The summed E-state index contributed by atoms with van der Waals surface area (Å²) in [6.07, 6.45) is 1.17. The first kappa shape index (κ1) is 16.5. The SMILES string of the molecule is CN(C)C(=S)S.NC(CCO)CCO. The first-order valence-electron chi connectivity index (χ1n) is 4.33. The van der Waals surface area contributed by atoms with Crippen LogP contribution in [0.25, 0.3) is 0 Å². The van der Waals surface area contributed by atoms with E-state index in [1.165, 1.54) is 0 Å². The van der Waals surface area contributed by atoms with Crippen molar-refractivity contribution >= 4 is 29.2 Å². The van der Waals surface area contributed by atoms with Gasteiger partial charge in [0.15, 0.2) is 0 Å². The molecule has 0 aromatic carbocycles. The largest absolute Gasteiger partial charge is 0.396 e. The van der Waals surface area contributed by atoms with E-state index in [1.54, 1.807) is 4.90 Å². The van der Waals surface area contributed by atoms with Crippen molar-refractivity contribution in [3.63, 3.8) is 0 Å². The normalized spacial score (nSPS) is 9.36. The molecule has 0 aliphatic carbocycles. The molecule has 0 spiro atoms. The molecule has 0 radical (unpaired) electrons. The van der Waals surface area contributed by atoms with Gasteiger partial charge in [0, 0.05) is 33.4 Å². The Bertz CT molecular complexity index is 139. The molecule has 0 fully saturated rings. The van der Waals surface area contributed by atoms with E-state index < -0.39 is 0 Å². The van der Waals surface area contributed by atoms with Crippen molar-refractivity contribution in [3.05, 3.63) is 0 Å². The van der Waals surface area contributed by atoms with Crippen LogP contribution in [0, 0.1) is 0 Å². The lowest BCUT2D eigenvalue weighted by atomic mass is 10.2. The predicted octanol–water partition coefficient (Wildman–Crippen LogP) is -0.159. The maximum absolute atomic E-state index is 8.30. The Kier molecular flexibility index (Phi) is 13.2. The number of aliphatic hydroxyl groups excluding tert-OH is 2. The Morgan fingerprint density at radius 3 is 1.79 bits per heavy atom. The second kappa shape index (κ2) is 11.2. The molecule has 4 nitrogen and oxygen atoms in total. The molecule has 6 heteroatoms. The Hall–Kier alpha value is 0.120. The highest BCUT2D eigenvalue weighted by atomic mass is 32.1. The van der Waals surface area contributed by atoms with Gasteiger partial charge < -0.3 is 20.8 Å². The molecule has 0 amide bonds. The van der Waals surface area contributed by atoms with Crippen molar-refractivity contribution in [1.29, 1.82) is 0 Å². The van der Waals surface area contributed by atoms with E-state index in [0.717, 1.165) is 0 Å². The van der Waals surface area contributed by atoms with Crippen molar-refractivity contribution in [3.8, 4) is 0 Å². The quantitative estimate of drug-likeness (QED) is 0.406. The van der Waals surface area contributed by atoms with Crippen LogP contribution in [0.1, 0.15) is 12.8 Å². The summed E-state index contributed by atoms with van der Waals surface area (Å²) < 4.78 is 0.620. The predicted molar refractivity (Wildman–Crippen MR) is 66.7 cm³/mol. The van der Waals surface area contributed by atoms with Gasteiger partial charge in [-0.15, -0.1) is 12.6 Å². The minimum Gasteiger partial charge on any atom is -0.396 e. The van der Waals surface area contributed by atoms with Crippen molar-refractivity contribution in [2.24, 2.45) is 5.73 Å². The molecule has 0 saturated heterocycles. The molecule has 0 aromatic heterocycles. The lowest BCUT2D eigenvalue weighted by Crippen LogP contribution is -2.22. The third-order valence-corrected chi connectivity index (χ3v) is 2.15. The van der Waals surface area contributed by atoms with Gasteiger partial charge >= 0.3 is 0 Å². The molecule has 0 unspecified atom stereocenters. The van der Waals surface area contributed by atoms with Gasteiger partial charge in [-0.1, -0.05) is 12.2 Å². The van der Waals surface area contributed by atoms with Crippen LogP contribution >= 0.6 is 24.8 Å². The van der Waals surface area contributed by atoms with Crippen molar-refractivity contribution in [2.75, 3.05) is 27.3 Å². The average molecular weight is 240 g/mol. The number of aliphatic hydroxyl groups is 2. The summed E-state index contributed by atoms with van der Waals surface area (Å²) in [5.41, 5.74) is 5.37. The van der Waals surface area contributed by atoms with E-state index in [2.05, 4.69) is 24.8 Å². The third-order valence-electron chi connectivity index (χ3n) is 1.38. The summed E-state index contributed by atoms with van der Waals surface area (Å²) >= 11 is 8.46. The van der Waals surface area contributed by atoms with E-state index >= 15 is 0 Å². The maximum atomic E-state index is 8.30. The van der Waals surface area contributed by atoms with Gasteiger partial charge in [-0.2, -0.15) is 0 Å². The zero-order valence-corrected chi connectivity index (χ0v) is 10.4. The van der Waals surface area contributed by atoms with Crippen molar-refractivity contribution < 1.29 is 10.2 Å². The van der Waals surface area contributed by atoms with Crippen LogP contribution in [-0.2, 0) is 0 Å². The number of rotatable bonds is 4. The number of nitrogens with zero attached hydrogens (tertiary/aromatic N) is 1. The number of hydrogen-bond acceptors (Lipinski definition) is 4.